The molecule has 0 spiro atoms. The number of hydrogen-bond acceptors (Lipinski definition) is 5. The van der Waals surface area contributed by atoms with Gasteiger partial charge in [0, 0.05) is 19.6 Å². The maximum Gasteiger partial charge on any atom is 0.232 e. The molecule has 114 valence electrons. The molecule has 0 aromatic carbocycles. The van der Waals surface area contributed by atoms with Crippen LogP contribution in [0, 0.1) is 0 Å². The van der Waals surface area contributed by atoms with E-state index >= 15 is 0 Å². The minimum Gasteiger partial charge on any atom is -0.388 e. The average Bonchev–Trinajstić information content (AvgIpc) is 2.44. The number of nitrogens with one attached hydrogen (secondary N) is 1. The Bertz CT molecular complexity index is 354. The van der Waals surface area contributed by atoms with E-state index in [1.54, 1.807) is 4.90 Å². The van der Waals surface area contributed by atoms with Crippen LogP contribution in [0.3, 0.4) is 0 Å². The van der Waals surface area contributed by atoms with Crippen molar-refractivity contribution >= 4 is 23.6 Å². The number of ether oxygens (including phenoxy) is 1. The number of nitrogens with zero attached hydrogens (tertiary/aromatic N) is 1. The van der Waals surface area contributed by atoms with Crippen molar-refractivity contribution in [3.63, 3.8) is 0 Å². The van der Waals surface area contributed by atoms with Crippen LogP contribution < -0.4 is 5.32 Å². The van der Waals surface area contributed by atoms with Gasteiger partial charge in [-0.1, -0.05) is 0 Å². The van der Waals surface area contributed by atoms with Crippen molar-refractivity contribution in [1.29, 1.82) is 0 Å². The zero-order chi connectivity index (χ0) is 14.4. The Balaban J connectivity index is 1.55. The van der Waals surface area contributed by atoms with Crippen LogP contribution in [0.2, 0.25) is 0 Å². The molecule has 0 aromatic heterocycles. The van der Waals surface area contributed by atoms with Crippen molar-refractivity contribution in [2.45, 2.75) is 24.9 Å². The number of hydrogen-bond donors (Lipinski definition) is 2. The number of morpholine rings is 1. The minimum atomic E-state index is -0.691. The molecule has 0 aromatic rings. The maximum atomic E-state index is 11.8. The molecule has 2 aliphatic rings. The lowest BCUT2D eigenvalue weighted by atomic mass is 9.80. The Kier molecular flexibility index (Phi) is 5.68. The SMILES string of the molecule is O=C(CSCC(=O)N1CCOCC1)NCC1(O)CCC1. The largest absolute Gasteiger partial charge is 0.388 e. The molecule has 1 aliphatic carbocycles. The number of rotatable bonds is 6. The topological polar surface area (TPSA) is 78.9 Å². The van der Waals surface area contributed by atoms with Gasteiger partial charge in [-0.3, -0.25) is 9.59 Å². The minimum absolute atomic E-state index is 0.0590. The normalized spacial score (nSPS) is 21.1. The Morgan fingerprint density at radius 3 is 2.55 bits per heavy atom. The lowest BCUT2D eigenvalue weighted by molar-refractivity contribution is -0.132. The monoisotopic (exact) mass is 302 g/mol. The fourth-order valence-corrected chi connectivity index (χ4v) is 2.96. The van der Waals surface area contributed by atoms with E-state index in [1.807, 2.05) is 0 Å². The van der Waals surface area contributed by atoms with Gasteiger partial charge in [0.1, 0.15) is 0 Å². The maximum absolute atomic E-state index is 11.8. The highest BCUT2D eigenvalue weighted by Gasteiger charge is 2.34. The van der Waals surface area contributed by atoms with Gasteiger partial charge in [-0.2, -0.15) is 0 Å². The van der Waals surface area contributed by atoms with Crippen LogP contribution in [0.15, 0.2) is 0 Å². The average molecular weight is 302 g/mol. The second-order valence-electron chi connectivity index (χ2n) is 5.34. The highest BCUT2D eigenvalue weighted by atomic mass is 32.2. The van der Waals surface area contributed by atoms with E-state index < -0.39 is 5.60 Å². The molecule has 2 fully saturated rings. The summed E-state index contributed by atoms with van der Waals surface area (Å²) in [6.07, 6.45) is 2.54. The molecule has 0 atom stereocenters. The Hall–Kier alpha value is -0.790. The molecule has 7 heteroatoms. The summed E-state index contributed by atoms with van der Waals surface area (Å²) in [7, 11) is 0. The van der Waals surface area contributed by atoms with E-state index in [-0.39, 0.29) is 17.6 Å². The highest BCUT2D eigenvalue weighted by molar-refractivity contribution is 8.00. The number of carbonyl (C=O) groups excluding carboxylic acids is 2. The number of aliphatic hydroxyl groups is 1. The molecule has 2 rings (SSSR count). The summed E-state index contributed by atoms with van der Waals surface area (Å²) < 4.78 is 5.18. The fourth-order valence-electron chi connectivity index (χ4n) is 2.21. The molecular weight excluding hydrogens is 280 g/mol. The molecule has 2 N–H and O–H groups in total. The van der Waals surface area contributed by atoms with Crippen molar-refractivity contribution in [2.75, 3.05) is 44.4 Å². The summed E-state index contributed by atoms with van der Waals surface area (Å²) >= 11 is 1.31. The summed E-state index contributed by atoms with van der Waals surface area (Å²) in [5.41, 5.74) is -0.691. The van der Waals surface area contributed by atoms with E-state index in [1.165, 1.54) is 11.8 Å². The van der Waals surface area contributed by atoms with Gasteiger partial charge >= 0.3 is 0 Å². The zero-order valence-electron chi connectivity index (χ0n) is 11.6. The van der Waals surface area contributed by atoms with Gasteiger partial charge in [0.2, 0.25) is 11.8 Å². The van der Waals surface area contributed by atoms with Crippen molar-refractivity contribution in [1.82, 2.24) is 10.2 Å². The van der Waals surface area contributed by atoms with Gasteiger partial charge < -0.3 is 20.1 Å². The smallest absolute Gasteiger partial charge is 0.232 e. The molecule has 6 nitrogen and oxygen atoms in total. The van der Waals surface area contributed by atoms with E-state index in [2.05, 4.69) is 5.32 Å². The molecule has 0 radical (unpaired) electrons. The van der Waals surface area contributed by atoms with E-state index in [0.717, 1.165) is 19.3 Å². The molecule has 0 bridgehead atoms. The summed E-state index contributed by atoms with van der Waals surface area (Å²) in [4.78, 5) is 25.2. The van der Waals surface area contributed by atoms with Crippen LogP contribution >= 0.6 is 11.8 Å². The summed E-state index contributed by atoms with van der Waals surface area (Å²) in [5, 5.41) is 12.6. The molecule has 1 aliphatic heterocycles. The lowest BCUT2D eigenvalue weighted by Crippen LogP contribution is -2.48. The molecule has 0 unspecified atom stereocenters. The zero-order valence-corrected chi connectivity index (χ0v) is 12.4. The number of amides is 2. The van der Waals surface area contributed by atoms with Crippen molar-refractivity contribution in [3.05, 3.63) is 0 Å². The van der Waals surface area contributed by atoms with Gasteiger partial charge in [-0.15, -0.1) is 11.8 Å². The van der Waals surface area contributed by atoms with E-state index in [0.29, 0.717) is 38.6 Å². The first-order valence-corrected chi connectivity index (χ1v) is 8.17. The van der Waals surface area contributed by atoms with Crippen LogP contribution in [0.25, 0.3) is 0 Å². The predicted molar refractivity (Wildman–Crippen MR) is 76.5 cm³/mol. The summed E-state index contributed by atoms with van der Waals surface area (Å²) in [6.45, 7) is 2.78. The van der Waals surface area contributed by atoms with Crippen molar-refractivity contribution < 1.29 is 19.4 Å². The first-order valence-electron chi connectivity index (χ1n) is 7.01. The van der Waals surface area contributed by atoms with Crippen LogP contribution in [0.4, 0.5) is 0 Å². The Morgan fingerprint density at radius 1 is 1.25 bits per heavy atom. The standard InChI is InChI=1S/C13H22N2O4S/c16-11(14-10-13(18)2-1-3-13)8-20-9-12(17)15-4-6-19-7-5-15/h18H,1-10H2,(H,14,16). The quantitative estimate of drug-likeness (QED) is 0.698. The van der Waals surface area contributed by atoms with Crippen LogP contribution in [-0.2, 0) is 14.3 Å². The number of carbonyl (C=O) groups is 2. The van der Waals surface area contributed by atoms with Gasteiger partial charge in [0.25, 0.3) is 0 Å². The van der Waals surface area contributed by atoms with Crippen LogP contribution in [-0.4, -0.2) is 71.8 Å². The van der Waals surface area contributed by atoms with Gasteiger partial charge in [0.15, 0.2) is 0 Å². The third-order valence-corrected chi connectivity index (χ3v) is 4.64. The predicted octanol–water partition coefficient (Wildman–Crippen LogP) is -0.390. The van der Waals surface area contributed by atoms with Crippen LogP contribution in [0.5, 0.6) is 0 Å². The second kappa shape index (κ2) is 7.28. The first-order chi connectivity index (χ1) is 9.59. The van der Waals surface area contributed by atoms with Crippen molar-refractivity contribution in [2.24, 2.45) is 0 Å². The molecule has 20 heavy (non-hydrogen) atoms. The summed E-state index contributed by atoms with van der Waals surface area (Å²) in [6, 6.07) is 0. The van der Waals surface area contributed by atoms with Gasteiger partial charge in [0.05, 0.1) is 30.3 Å². The third-order valence-electron chi connectivity index (χ3n) is 3.72. The van der Waals surface area contributed by atoms with E-state index in [9.17, 15) is 14.7 Å². The fraction of sp³-hybridized carbons (Fsp3) is 0.846. The van der Waals surface area contributed by atoms with Crippen LogP contribution in [0.1, 0.15) is 19.3 Å². The second-order valence-corrected chi connectivity index (χ2v) is 6.33. The first kappa shape index (κ1) is 15.6. The molecular formula is C13H22N2O4S. The molecule has 1 saturated carbocycles. The highest BCUT2D eigenvalue weighted by Crippen LogP contribution is 2.30. The lowest BCUT2D eigenvalue weighted by Gasteiger charge is -2.36. The van der Waals surface area contributed by atoms with Gasteiger partial charge in [-0.25, -0.2) is 0 Å². The molecule has 1 saturated heterocycles. The Morgan fingerprint density at radius 2 is 1.95 bits per heavy atom. The summed E-state index contributed by atoms with van der Waals surface area (Å²) in [5.74, 6) is 0.512. The molecule has 1 heterocycles. The van der Waals surface area contributed by atoms with Gasteiger partial charge in [-0.05, 0) is 19.3 Å². The third kappa shape index (κ3) is 4.64. The number of thioether (sulfide) groups is 1. The van der Waals surface area contributed by atoms with Crippen molar-refractivity contribution in [3.8, 4) is 0 Å². The Labute approximate surface area is 123 Å². The van der Waals surface area contributed by atoms with E-state index in [4.69, 9.17) is 4.74 Å². The molecule has 2 amide bonds.